The molecular formula is C13H12BrNOS. The van der Waals surface area contributed by atoms with Crippen LogP contribution < -0.4 is 4.74 Å². The van der Waals surface area contributed by atoms with Crippen molar-refractivity contribution in [1.82, 2.24) is 4.98 Å². The predicted molar refractivity (Wildman–Crippen MR) is 74.5 cm³/mol. The number of ether oxygens (including phenoxy) is 1. The molecule has 0 aliphatic rings. The highest BCUT2D eigenvalue weighted by molar-refractivity contribution is 9.10. The van der Waals surface area contributed by atoms with Crippen LogP contribution in [0.1, 0.15) is 5.56 Å². The lowest BCUT2D eigenvalue weighted by molar-refractivity contribution is 0.412. The first kappa shape index (κ1) is 12.5. The van der Waals surface area contributed by atoms with Gasteiger partial charge in [0.1, 0.15) is 15.4 Å². The van der Waals surface area contributed by atoms with Crippen molar-refractivity contribution >= 4 is 27.7 Å². The van der Waals surface area contributed by atoms with Gasteiger partial charge in [0.25, 0.3) is 0 Å². The van der Waals surface area contributed by atoms with Gasteiger partial charge in [0.15, 0.2) is 0 Å². The van der Waals surface area contributed by atoms with Crippen molar-refractivity contribution in [1.29, 1.82) is 0 Å². The molecule has 0 N–H and O–H groups in total. The van der Waals surface area contributed by atoms with Gasteiger partial charge in [-0.15, -0.1) is 11.8 Å². The number of hydrogen-bond acceptors (Lipinski definition) is 3. The molecule has 1 heterocycles. The normalized spacial score (nSPS) is 10.2. The fourth-order valence-corrected chi connectivity index (χ4v) is 2.78. The summed E-state index contributed by atoms with van der Waals surface area (Å²) in [5, 5.41) is 0.958. The average molecular weight is 310 g/mol. The van der Waals surface area contributed by atoms with Crippen LogP contribution in [-0.4, -0.2) is 12.1 Å². The van der Waals surface area contributed by atoms with Gasteiger partial charge in [0.05, 0.1) is 7.11 Å². The maximum absolute atomic E-state index is 5.20. The fraction of sp³-hybridized carbons (Fsp3) is 0.154. The third-order valence-electron chi connectivity index (χ3n) is 2.21. The topological polar surface area (TPSA) is 22.1 Å². The van der Waals surface area contributed by atoms with E-state index in [-0.39, 0.29) is 0 Å². The lowest BCUT2D eigenvalue weighted by atomic mass is 10.2. The highest BCUT2D eigenvalue weighted by Crippen LogP contribution is 2.26. The predicted octanol–water partition coefficient (Wildman–Crippen LogP) is 4.15. The Balaban J connectivity index is 2.06. The van der Waals surface area contributed by atoms with Crippen LogP contribution in [0.25, 0.3) is 0 Å². The van der Waals surface area contributed by atoms with Crippen molar-refractivity contribution in [3.63, 3.8) is 0 Å². The summed E-state index contributed by atoms with van der Waals surface area (Å²) in [5.41, 5.74) is 1.29. The van der Waals surface area contributed by atoms with Crippen molar-refractivity contribution in [2.75, 3.05) is 7.11 Å². The number of thioether (sulfide) groups is 1. The number of aromatic nitrogens is 1. The summed E-state index contributed by atoms with van der Waals surface area (Å²) in [7, 11) is 1.66. The van der Waals surface area contributed by atoms with E-state index in [1.54, 1.807) is 18.9 Å². The van der Waals surface area contributed by atoms with Gasteiger partial charge in [-0.1, -0.05) is 30.3 Å². The lowest BCUT2D eigenvalue weighted by Crippen LogP contribution is -1.88. The Morgan fingerprint density at radius 1 is 1.24 bits per heavy atom. The third kappa shape index (κ3) is 3.75. The van der Waals surface area contributed by atoms with Crippen LogP contribution in [0.3, 0.4) is 0 Å². The zero-order valence-corrected chi connectivity index (χ0v) is 11.8. The van der Waals surface area contributed by atoms with Crippen LogP contribution in [0.2, 0.25) is 0 Å². The summed E-state index contributed by atoms with van der Waals surface area (Å²) >= 11 is 5.07. The number of methoxy groups -OCH3 is 1. The Hall–Kier alpha value is -1.00. The molecule has 0 bridgehead atoms. The Morgan fingerprint density at radius 2 is 2.00 bits per heavy atom. The minimum Gasteiger partial charge on any atom is -0.497 e. The maximum atomic E-state index is 5.20. The molecule has 4 heteroatoms. The van der Waals surface area contributed by atoms with Gasteiger partial charge < -0.3 is 4.74 Å². The summed E-state index contributed by atoms with van der Waals surface area (Å²) in [6, 6.07) is 14.1. The molecule has 0 aliphatic heterocycles. The van der Waals surface area contributed by atoms with E-state index in [0.717, 1.165) is 21.1 Å². The van der Waals surface area contributed by atoms with E-state index in [0.29, 0.717) is 0 Å². The molecule has 0 radical (unpaired) electrons. The van der Waals surface area contributed by atoms with Crippen molar-refractivity contribution in [2.45, 2.75) is 10.8 Å². The summed E-state index contributed by atoms with van der Waals surface area (Å²) in [5.74, 6) is 1.73. The van der Waals surface area contributed by atoms with Crippen LogP contribution in [0.5, 0.6) is 5.75 Å². The first-order valence-corrected chi connectivity index (χ1v) is 6.94. The molecule has 0 fully saturated rings. The molecule has 0 saturated heterocycles. The molecule has 2 rings (SSSR count). The van der Waals surface area contributed by atoms with E-state index < -0.39 is 0 Å². The van der Waals surface area contributed by atoms with E-state index in [9.17, 15) is 0 Å². The van der Waals surface area contributed by atoms with E-state index in [1.807, 2.05) is 30.3 Å². The number of halogens is 1. The minimum atomic E-state index is 0.799. The Labute approximate surface area is 114 Å². The lowest BCUT2D eigenvalue weighted by Gasteiger charge is -2.05. The number of hydrogen-bond donors (Lipinski definition) is 0. The molecule has 0 spiro atoms. The molecule has 0 amide bonds. The van der Waals surface area contributed by atoms with Crippen molar-refractivity contribution in [3.05, 3.63) is 52.6 Å². The van der Waals surface area contributed by atoms with Crippen LogP contribution in [0.15, 0.2) is 52.1 Å². The molecule has 88 valence electrons. The van der Waals surface area contributed by atoms with Gasteiger partial charge in [0, 0.05) is 17.9 Å². The molecule has 2 aromatic rings. The highest BCUT2D eigenvalue weighted by Gasteiger charge is 2.02. The number of rotatable bonds is 4. The third-order valence-corrected chi connectivity index (χ3v) is 3.60. The fourth-order valence-electron chi connectivity index (χ4n) is 1.37. The molecule has 0 aliphatic carbocycles. The standard InChI is InChI=1S/C13H12BrNOS/c1-16-11-7-12(14)15-13(8-11)17-9-10-5-3-2-4-6-10/h2-8H,9H2,1H3. The van der Waals surface area contributed by atoms with Gasteiger partial charge in [-0.2, -0.15) is 0 Å². The smallest absolute Gasteiger partial charge is 0.124 e. The van der Waals surface area contributed by atoms with E-state index in [1.165, 1.54) is 5.56 Å². The largest absolute Gasteiger partial charge is 0.497 e. The van der Waals surface area contributed by atoms with Crippen LogP contribution in [-0.2, 0) is 5.75 Å². The summed E-state index contributed by atoms with van der Waals surface area (Å²) in [6.07, 6.45) is 0. The zero-order valence-electron chi connectivity index (χ0n) is 9.39. The SMILES string of the molecule is COc1cc(Br)nc(SCc2ccccc2)c1. The summed E-state index contributed by atoms with van der Waals surface area (Å²) in [4.78, 5) is 4.40. The molecule has 0 saturated carbocycles. The van der Waals surface area contributed by atoms with Gasteiger partial charge in [0.2, 0.25) is 0 Å². The van der Waals surface area contributed by atoms with E-state index in [4.69, 9.17) is 4.74 Å². The molecule has 0 unspecified atom stereocenters. The number of nitrogens with zero attached hydrogens (tertiary/aromatic N) is 1. The summed E-state index contributed by atoms with van der Waals surface area (Å²) < 4.78 is 6.00. The monoisotopic (exact) mass is 309 g/mol. The van der Waals surface area contributed by atoms with Gasteiger partial charge in [-0.05, 0) is 21.5 Å². The highest BCUT2D eigenvalue weighted by atomic mass is 79.9. The minimum absolute atomic E-state index is 0.799. The van der Waals surface area contributed by atoms with Crippen LogP contribution >= 0.6 is 27.7 Å². The quantitative estimate of drug-likeness (QED) is 0.626. The van der Waals surface area contributed by atoms with Gasteiger partial charge >= 0.3 is 0 Å². The average Bonchev–Trinajstić information content (AvgIpc) is 2.37. The van der Waals surface area contributed by atoms with E-state index >= 15 is 0 Å². The Morgan fingerprint density at radius 3 is 2.71 bits per heavy atom. The second-order valence-corrected chi connectivity index (χ2v) is 5.25. The molecule has 2 nitrogen and oxygen atoms in total. The molecule has 17 heavy (non-hydrogen) atoms. The van der Waals surface area contributed by atoms with Gasteiger partial charge in [-0.3, -0.25) is 0 Å². The van der Waals surface area contributed by atoms with Crippen molar-refractivity contribution in [3.8, 4) is 5.75 Å². The van der Waals surface area contributed by atoms with Gasteiger partial charge in [-0.25, -0.2) is 4.98 Å². The van der Waals surface area contributed by atoms with Crippen molar-refractivity contribution in [2.24, 2.45) is 0 Å². The maximum Gasteiger partial charge on any atom is 0.124 e. The first-order valence-electron chi connectivity index (χ1n) is 5.16. The first-order chi connectivity index (χ1) is 8.28. The molecule has 1 aromatic carbocycles. The Bertz CT molecular complexity index is 490. The van der Waals surface area contributed by atoms with Crippen LogP contribution in [0, 0.1) is 0 Å². The Kier molecular flexibility index (Phi) is 4.45. The number of pyridine rings is 1. The second-order valence-electron chi connectivity index (χ2n) is 3.44. The van der Waals surface area contributed by atoms with E-state index in [2.05, 4.69) is 33.0 Å². The second kappa shape index (κ2) is 6.07. The number of benzene rings is 1. The molecular weight excluding hydrogens is 298 g/mol. The van der Waals surface area contributed by atoms with Crippen molar-refractivity contribution < 1.29 is 4.74 Å². The van der Waals surface area contributed by atoms with Crippen LogP contribution in [0.4, 0.5) is 0 Å². The molecule has 0 atom stereocenters. The molecule has 1 aromatic heterocycles. The summed E-state index contributed by atoms with van der Waals surface area (Å²) in [6.45, 7) is 0. The zero-order chi connectivity index (χ0) is 12.1.